The highest BCUT2D eigenvalue weighted by Gasteiger charge is 2.10. The molecule has 0 aliphatic heterocycles. The standard InChI is InChI=1S/C19H15ClN4OS2/c1-11-2-7-14-15(8-11)22-18(21-14)27-10-17(25)24-19-23-16(9-26-19)12-3-5-13(20)6-4-12/h2-9H,10H2,1H3,(H,21,22)(H,23,24,25). The van der Waals surface area contributed by atoms with Crippen molar-refractivity contribution in [2.75, 3.05) is 11.1 Å². The second-order valence-electron chi connectivity index (χ2n) is 5.94. The largest absolute Gasteiger partial charge is 0.333 e. The topological polar surface area (TPSA) is 70.7 Å². The molecule has 0 spiro atoms. The van der Waals surface area contributed by atoms with Crippen molar-refractivity contribution in [1.82, 2.24) is 15.0 Å². The number of nitrogens with zero attached hydrogens (tertiary/aromatic N) is 2. The number of hydrogen-bond donors (Lipinski definition) is 2. The van der Waals surface area contributed by atoms with E-state index in [9.17, 15) is 4.79 Å². The second kappa shape index (κ2) is 7.72. The zero-order chi connectivity index (χ0) is 18.8. The van der Waals surface area contributed by atoms with Crippen LogP contribution in [0.3, 0.4) is 0 Å². The van der Waals surface area contributed by atoms with Crippen molar-refractivity contribution in [2.45, 2.75) is 12.1 Å². The quantitative estimate of drug-likeness (QED) is 0.430. The summed E-state index contributed by atoms with van der Waals surface area (Å²) < 4.78 is 0. The van der Waals surface area contributed by atoms with Gasteiger partial charge >= 0.3 is 0 Å². The van der Waals surface area contributed by atoms with Gasteiger partial charge in [0.05, 0.1) is 22.5 Å². The fourth-order valence-corrected chi connectivity index (χ4v) is 4.09. The third-order valence-electron chi connectivity index (χ3n) is 3.85. The molecule has 0 aliphatic rings. The number of hydrogen-bond acceptors (Lipinski definition) is 5. The van der Waals surface area contributed by atoms with E-state index in [2.05, 4.69) is 20.3 Å². The first-order chi connectivity index (χ1) is 13.1. The van der Waals surface area contributed by atoms with Crippen molar-refractivity contribution < 1.29 is 4.79 Å². The molecular weight excluding hydrogens is 400 g/mol. The number of rotatable bonds is 5. The minimum atomic E-state index is -0.117. The minimum absolute atomic E-state index is 0.117. The molecule has 5 nitrogen and oxygen atoms in total. The average molecular weight is 415 g/mol. The van der Waals surface area contributed by atoms with E-state index in [4.69, 9.17) is 11.6 Å². The summed E-state index contributed by atoms with van der Waals surface area (Å²) in [5, 5.41) is 6.73. The minimum Gasteiger partial charge on any atom is -0.333 e. The van der Waals surface area contributed by atoms with Gasteiger partial charge in [-0.1, -0.05) is 41.6 Å². The number of H-pyrrole nitrogens is 1. The van der Waals surface area contributed by atoms with Crippen molar-refractivity contribution in [2.24, 2.45) is 0 Å². The molecule has 0 saturated carbocycles. The number of fused-ring (bicyclic) bond motifs is 1. The van der Waals surface area contributed by atoms with E-state index in [0.717, 1.165) is 27.4 Å². The molecule has 0 unspecified atom stereocenters. The third-order valence-corrected chi connectivity index (χ3v) is 5.73. The maximum Gasteiger partial charge on any atom is 0.236 e. The lowest BCUT2D eigenvalue weighted by Crippen LogP contribution is -2.13. The number of carbonyl (C=O) groups is 1. The van der Waals surface area contributed by atoms with Gasteiger partial charge < -0.3 is 10.3 Å². The maximum absolute atomic E-state index is 12.2. The Labute approximate surface area is 169 Å². The average Bonchev–Trinajstić information content (AvgIpc) is 3.27. The summed E-state index contributed by atoms with van der Waals surface area (Å²) in [6, 6.07) is 13.5. The van der Waals surface area contributed by atoms with Crippen LogP contribution in [0.2, 0.25) is 5.02 Å². The van der Waals surface area contributed by atoms with E-state index in [-0.39, 0.29) is 11.7 Å². The number of aryl methyl sites for hydroxylation is 1. The summed E-state index contributed by atoms with van der Waals surface area (Å²) in [4.78, 5) is 24.4. The Morgan fingerprint density at radius 1 is 1.22 bits per heavy atom. The molecule has 4 rings (SSSR count). The van der Waals surface area contributed by atoms with Gasteiger partial charge in [-0.15, -0.1) is 11.3 Å². The van der Waals surface area contributed by atoms with Crippen LogP contribution in [0.5, 0.6) is 0 Å². The predicted octanol–water partition coefficient (Wildman–Crippen LogP) is 5.38. The number of benzene rings is 2. The number of thioether (sulfide) groups is 1. The molecule has 0 atom stereocenters. The summed E-state index contributed by atoms with van der Waals surface area (Å²) >= 11 is 8.67. The second-order valence-corrected chi connectivity index (χ2v) is 8.20. The number of nitrogens with one attached hydrogen (secondary N) is 2. The monoisotopic (exact) mass is 414 g/mol. The molecular formula is C19H15ClN4OS2. The summed E-state index contributed by atoms with van der Waals surface area (Å²) in [5.41, 5.74) is 4.82. The van der Waals surface area contributed by atoms with Gasteiger partial charge in [-0.25, -0.2) is 9.97 Å². The van der Waals surface area contributed by atoms with E-state index >= 15 is 0 Å². The van der Waals surface area contributed by atoms with Crippen molar-refractivity contribution in [3.05, 3.63) is 58.4 Å². The van der Waals surface area contributed by atoms with Crippen LogP contribution in [0.15, 0.2) is 53.0 Å². The highest BCUT2D eigenvalue weighted by atomic mass is 35.5. The fraction of sp³-hybridized carbons (Fsp3) is 0.105. The molecule has 4 aromatic rings. The van der Waals surface area contributed by atoms with Crippen LogP contribution in [0.25, 0.3) is 22.3 Å². The maximum atomic E-state index is 12.2. The molecule has 136 valence electrons. The van der Waals surface area contributed by atoms with E-state index in [1.807, 2.05) is 54.8 Å². The number of aromatic nitrogens is 3. The number of halogens is 1. The predicted molar refractivity (Wildman–Crippen MR) is 113 cm³/mol. The van der Waals surface area contributed by atoms with E-state index in [1.54, 1.807) is 0 Å². The van der Waals surface area contributed by atoms with Crippen molar-refractivity contribution in [1.29, 1.82) is 0 Å². The molecule has 0 bridgehead atoms. The lowest BCUT2D eigenvalue weighted by Gasteiger charge is -2.00. The van der Waals surface area contributed by atoms with Gasteiger partial charge in [0, 0.05) is 16.0 Å². The number of thiazole rings is 1. The molecule has 8 heteroatoms. The molecule has 0 radical (unpaired) electrons. The van der Waals surface area contributed by atoms with Crippen molar-refractivity contribution in [3.63, 3.8) is 0 Å². The molecule has 0 aliphatic carbocycles. The SMILES string of the molecule is Cc1ccc2nc(SCC(=O)Nc3nc(-c4ccc(Cl)cc4)cs3)[nH]c2c1. The number of imidazole rings is 1. The Morgan fingerprint density at radius 2 is 2.04 bits per heavy atom. The van der Waals surface area contributed by atoms with E-state index < -0.39 is 0 Å². The summed E-state index contributed by atoms with van der Waals surface area (Å²) in [5.74, 6) is 0.142. The van der Waals surface area contributed by atoms with Gasteiger partial charge in [0.1, 0.15) is 0 Å². The van der Waals surface area contributed by atoms with Crippen molar-refractivity contribution >= 4 is 56.8 Å². The zero-order valence-corrected chi connectivity index (χ0v) is 16.7. The molecule has 0 fully saturated rings. The van der Waals surface area contributed by atoms with Crippen LogP contribution in [-0.4, -0.2) is 26.6 Å². The summed E-state index contributed by atoms with van der Waals surface area (Å²) in [7, 11) is 0. The molecule has 2 aromatic carbocycles. The Hall–Kier alpha value is -2.35. The molecule has 0 saturated heterocycles. The van der Waals surface area contributed by atoms with Gasteiger partial charge in [0.25, 0.3) is 0 Å². The first-order valence-electron chi connectivity index (χ1n) is 8.17. The molecule has 2 aromatic heterocycles. The van der Waals surface area contributed by atoms with Crippen LogP contribution in [0, 0.1) is 6.92 Å². The zero-order valence-electron chi connectivity index (χ0n) is 14.3. The van der Waals surface area contributed by atoms with E-state index in [0.29, 0.717) is 10.2 Å². The van der Waals surface area contributed by atoms with Gasteiger partial charge in [-0.2, -0.15) is 0 Å². The third kappa shape index (κ3) is 4.32. The molecule has 2 heterocycles. The first kappa shape index (κ1) is 18.0. The smallest absolute Gasteiger partial charge is 0.236 e. The summed E-state index contributed by atoms with van der Waals surface area (Å²) in [6.07, 6.45) is 0. The van der Waals surface area contributed by atoms with Crippen LogP contribution >= 0.6 is 34.7 Å². The van der Waals surface area contributed by atoms with Crippen LogP contribution < -0.4 is 5.32 Å². The molecule has 1 amide bonds. The van der Waals surface area contributed by atoms with Crippen LogP contribution in [0.4, 0.5) is 5.13 Å². The Balaban J connectivity index is 1.37. The Morgan fingerprint density at radius 3 is 2.85 bits per heavy atom. The number of aromatic amines is 1. The van der Waals surface area contributed by atoms with Crippen LogP contribution in [0.1, 0.15) is 5.56 Å². The number of carbonyl (C=O) groups excluding carboxylic acids is 1. The van der Waals surface area contributed by atoms with Gasteiger partial charge in [0.15, 0.2) is 10.3 Å². The molecule has 2 N–H and O–H groups in total. The van der Waals surface area contributed by atoms with Gasteiger partial charge in [-0.05, 0) is 36.8 Å². The Kier molecular flexibility index (Phi) is 5.15. The van der Waals surface area contributed by atoms with E-state index in [1.165, 1.54) is 28.7 Å². The van der Waals surface area contributed by atoms with Crippen LogP contribution in [-0.2, 0) is 4.79 Å². The van der Waals surface area contributed by atoms with Gasteiger partial charge in [0.2, 0.25) is 5.91 Å². The number of anilines is 1. The summed E-state index contributed by atoms with van der Waals surface area (Å²) in [6.45, 7) is 2.03. The normalized spacial score (nSPS) is 11.0. The lowest BCUT2D eigenvalue weighted by molar-refractivity contribution is -0.113. The highest BCUT2D eigenvalue weighted by molar-refractivity contribution is 7.99. The first-order valence-corrected chi connectivity index (χ1v) is 10.4. The van der Waals surface area contributed by atoms with Crippen molar-refractivity contribution in [3.8, 4) is 11.3 Å². The van der Waals surface area contributed by atoms with Gasteiger partial charge in [-0.3, -0.25) is 4.79 Å². The fourth-order valence-electron chi connectivity index (χ4n) is 2.54. The highest BCUT2D eigenvalue weighted by Crippen LogP contribution is 2.26. The lowest BCUT2D eigenvalue weighted by atomic mass is 10.2. The molecule has 27 heavy (non-hydrogen) atoms. The number of amides is 1. The Bertz CT molecular complexity index is 1100.